The van der Waals surface area contributed by atoms with E-state index in [1.54, 1.807) is 6.92 Å². The first-order valence-electron chi connectivity index (χ1n) is 4.64. The molecule has 0 heterocycles. The second kappa shape index (κ2) is 8.35. The maximum atomic E-state index is 12.9. The predicted molar refractivity (Wildman–Crippen MR) is 53.5 cm³/mol. The van der Waals surface area contributed by atoms with Crippen molar-refractivity contribution in [2.75, 3.05) is 12.4 Å². The molecule has 0 aliphatic heterocycles. The fourth-order valence-electron chi connectivity index (χ4n) is 0.815. The van der Waals surface area contributed by atoms with E-state index in [1.165, 1.54) is 0 Å². The molecule has 0 N–H and O–H groups in total. The zero-order valence-corrected chi connectivity index (χ0v) is 9.03. The van der Waals surface area contributed by atoms with Crippen LogP contribution in [0.4, 0.5) is 4.39 Å². The number of alkyl halides is 1. The van der Waals surface area contributed by atoms with Crippen molar-refractivity contribution in [2.24, 2.45) is 0 Å². The van der Waals surface area contributed by atoms with Crippen LogP contribution in [0, 0.1) is 0 Å². The van der Waals surface area contributed by atoms with E-state index in [-0.39, 0.29) is 6.61 Å². The Hall–Kier alpha value is -0.250. The first kappa shape index (κ1) is 12.8. The van der Waals surface area contributed by atoms with E-state index in [9.17, 15) is 9.18 Å². The van der Waals surface area contributed by atoms with Gasteiger partial charge in [-0.2, -0.15) is 0 Å². The van der Waals surface area contributed by atoms with Gasteiger partial charge in [-0.05, 0) is 19.1 Å². The summed E-state index contributed by atoms with van der Waals surface area (Å²) >= 11 is 1.02. The van der Waals surface area contributed by atoms with Gasteiger partial charge in [-0.3, -0.25) is 0 Å². The Morgan fingerprint density at radius 1 is 1.46 bits per heavy atom. The van der Waals surface area contributed by atoms with Crippen LogP contribution in [0.5, 0.6) is 0 Å². The highest BCUT2D eigenvalue weighted by atomic mass is 32.2. The molecule has 78 valence electrons. The van der Waals surface area contributed by atoms with Gasteiger partial charge in [-0.1, -0.05) is 19.8 Å². The van der Waals surface area contributed by atoms with Crippen molar-refractivity contribution in [3.05, 3.63) is 0 Å². The molecule has 0 aromatic rings. The van der Waals surface area contributed by atoms with Crippen molar-refractivity contribution in [2.45, 2.75) is 38.6 Å². The smallest absolute Gasteiger partial charge is 0.351 e. The fourth-order valence-corrected chi connectivity index (χ4v) is 1.60. The van der Waals surface area contributed by atoms with Crippen molar-refractivity contribution in [1.82, 2.24) is 0 Å². The summed E-state index contributed by atoms with van der Waals surface area (Å²) in [5.74, 6) is -0.0580. The molecular formula is C9H17FO2S. The van der Waals surface area contributed by atoms with Gasteiger partial charge in [0, 0.05) is 0 Å². The van der Waals surface area contributed by atoms with E-state index in [1.807, 2.05) is 0 Å². The largest absolute Gasteiger partial charge is 0.463 e. The van der Waals surface area contributed by atoms with E-state index < -0.39 is 11.5 Å². The molecule has 0 aromatic heterocycles. The molecule has 1 unspecified atom stereocenters. The Balaban J connectivity index is 3.38. The molecule has 13 heavy (non-hydrogen) atoms. The van der Waals surface area contributed by atoms with Crippen molar-refractivity contribution in [3.8, 4) is 0 Å². The van der Waals surface area contributed by atoms with E-state index in [4.69, 9.17) is 0 Å². The van der Waals surface area contributed by atoms with Crippen LogP contribution in [0.15, 0.2) is 0 Å². The Morgan fingerprint density at radius 3 is 2.69 bits per heavy atom. The van der Waals surface area contributed by atoms with Crippen molar-refractivity contribution in [1.29, 1.82) is 0 Å². The minimum absolute atomic E-state index is 0.245. The van der Waals surface area contributed by atoms with Crippen LogP contribution in [0.25, 0.3) is 0 Å². The number of carbonyl (C=O) groups is 1. The lowest BCUT2D eigenvalue weighted by Gasteiger charge is -2.06. The van der Waals surface area contributed by atoms with Gasteiger partial charge in [-0.15, -0.1) is 11.8 Å². The molecular weight excluding hydrogens is 191 g/mol. The topological polar surface area (TPSA) is 26.3 Å². The molecule has 0 saturated heterocycles. The highest BCUT2D eigenvalue weighted by Crippen LogP contribution is 2.16. The summed E-state index contributed by atoms with van der Waals surface area (Å²) in [5, 5.41) is 0. The molecule has 0 fully saturated rings. The van der Waals surface area contributed by atoms with E-state index in [0.717, 1.165) is 31.0 Å². The molecule has 0 aliphatic rings. The van der Waals surface area contributed by atoms with E-state index >= 15 is 0 Å². The summed E-state index contributed by atoms with van der Waals surface area (Å²) < 4.78 is 17.4. The van der Waals surface area contributed by atoms with Crippen LogP contribution in [0.2, 0.25) is 0 Å². The Morgan fingerprint density at radius 2 is 2.15 bits per heavy atom. The van der Waals surface area contributed by atoms with Crippen molar-refractivity contribution < 1.29 is 13.9 Å². The number of ether oxygens (including phenoxy) is 1. The second-order valence-electron chi connectivity index (χ2n) is 2.65. The van der Waals surface area contributed by atoms with Crippen LogP contribution in [-0.2, 0) is 9.53 Å². The number of halogens is 1. The Kier molecular flexibility index (Phi) is 8.19. The minimum atomic E-state index is -1.50. The maximum Gasteiger partial charge on any atom is 0.351 e. The molecule has 0 bridgehead atoms. The van der Waals surface area contributed by atoms with Crippen LogP contribution >= 0.6 is 11.8 Å². The SMILES string of the molecule is CCCCCSC(F)C(=O)OCC. The van der Waals surface area contributed by atoms with Crippen LogP contribution in [0.1, 0.15) is 33.1 Å². The number of hydrogen-bond donors (Lipinski definition) is 0. The van der Waals surface area contributed by atoms with Crippen molar-refractivity contribution in [3.63, 3.8) is 0 Å². The van der Waals surface area contributed by atoms with E-state index in [0.29, 0.717) is 5.75 Å². The highest BCUT2D eigenvalue weighted by molar-refractivity contribution is 8.00. The summed E-state index contributed by atoms with van der Waals surface area (Å²) in [4.78, 5) is 10.8. The number of thioether (sulfide) groups is 1. The highest BCUT2D eigenvalue weighted by Gasteiger charge is 2.17. The quantitative estimate of drug-likeness (QED) is 0.475. The maximum absolute atomic E-state index is 12.9. The number of carbonyl (C=O) groups excluding carboxylic acids is 1. The molecule has 1 atom stereocenters. The van der Waals surface area contributed by atoms with Gasteiger partial charge in [0.05, 0.1) is 6.61 Å². The van der Waals surface area contributed by atoms with Gasteiger partial charge < -0.3 is 4.74 Å². The molecule has 0 amide bonds. The molecule has 4 heteroatoms. The minimum Gasteiger partial charge on any atom is -0.463 e. The monoisotopic (exact) mass is 208 g/mol. The van der Waals surface area contributed by atoms with Crippen LogP contribution in [0.3, 0.4) is 0 Å². The van der Waals surface area contributed by atoms with Gasteiger partial charge in [0.25, 0.3) is 0 Å². The van der Waals surface area contributed by atoms with Gasteiger partial charge in [-0.25, -0.2) is 9.18 Å². The number of unbranched alkanes of at least 4 members (excludes halogenated alkanes) is 2. The van der Waals surface area contributed by atoms with Gasteiger partial charge in [0.1, 0.15) is 0 Å². The van der Waals surface area contributed by atoms with E-state index in [2.05, 4.69) is 11.7 Å². The summed E-state index contributed by atoms with van der Waals surface area (Å²) in [5.41, 5.74) is -1.50. The molecule has 0 aliphatic carbocycles. The Labute approximate surface area is 83.2 Å². The fraction of sp³-hybridized carbons (Fsp3) is 0.889. The first-order chi connectivity index (χ1) is 6.22. The normalized spacial score (nSPS) is 12.5. The van der Waals surface area contributed by atoms with Gasteiger partial charge >= 0.3 is 5.97 Å². The van der Waals surface area contributed by atoms with Gasteiger partial charge in [0.2, 0.25) is 5.50 Å². The summed E-state index contributed by atoms with van der Waals surface area (Å²) in [7, 11) is 0. The van der Waals surface area contributed by atoms with Crippen LogP contribution in [-0.4, -0.2) is 23.8 Å². The molecule has 0 aromatic carbocycles. The molecule has 0 rings (SSSR count). The molecule has 0 saturated carbocycles. The summed E-state index contributed by atoms with van der Waals surface area (Å²) in [6, 6.07) is 0. The zero-order valence-electron chi connectivity index (χ0n) is 8.22. The third kappa shape index (κ3) is 6.87. The predicted octanol–water partition coefficient (Wildman–Crippen LogP) is 2.77. The molecule has 0 spiro atoms. The summed E-state index contributed by atoms with van der Waals surface area (Å²) in [6.45, 7) is 4.00. The summed E-state index contributed by atoms with van der Waals surface area (Å²) in [6.07, 6.45) is 3.15. The number of esters is 1. The average Bonchev–Trinajstić information content (AvgIpc) is 2.12. The molecule has 2 nitrogen and oxygen atoms in total. The van der Waals surface area contributed by atoms with Gasteiger partial charge in [0.15, 0.2) is 0 Å². The third-order valence-electron chi connectivity index (χ3n) is 1.48. The lowest BCUT2D eigenvalue weighted by Crippen LogP contribution is -2.15. The average molecular weight is 208 g/mol. The standard InChI is InChI=1S/C9H17FO2S/c1-3-5-6-7-13-8(10)9(11)12-4-2/h8H,3-7H2,1-2H3. The Bertz CT molecular complexity index is 142. The number of rotatable bonds is 7. The second-order valence-corrected chi connectivity index (χ2v) is 3.80. The molecule has 0 radical (unpaired) electrons. The lowest BCUT2D eigenvalue weighted by molar-refractivity contribution is -0.145. The zero-order chi connectivity index (χ0) is 10.1. The van der Waals surface area contributed by atoms with Crippen LogP contribution < -0.4 is 0 Å². The first-order valence-corrected chi connectivity index (χ1v) is 5.69. The van der Waals surface area contributed by atoms with Crippen molar-refractivity contribution >= 4 is 17.7 Å². The lowest BCUT2D eigenvalue weighted by atomic mass is 10.3. The number of hydrogen-bond acceptors (Lipinski definition) is 3. The third-order valence-corrected chi connectivity index (χ3v) is 2.49.